The van der Waals surface area contributed by atoms with Gasteiger partial charge in [-0.2, -0.15) is 0 Å². The summed E-state index contributed by atoms with van der Waals surface area (Å²) in [6, 6.07) is 4.18. The van der Waals surface area contributed by atoms with E-state index >= 15 is 0 Å². The van der Waals surface area contributed by atoms with Crippen LogP contribution in [0.4, 0.5) is 10.1 Å². The second-order valence-electron chi connectivity index (χ2n) is 3.65. The molecule has 0 aliphatic carbocycles. The van der Waals surface area contributed by atoms with Gasteiger partial charge in [0, 0.05) is 18.8 Å². The van der Waals surface area contributed by atoms with E-state index in [-0.39, 0.29) is 23.9 Å². The first-order valence-corrected chi connectivity index (χ1v) is 5.05. The number of Topliss-reactive ketones (excluding diaryl/α,β-unsaturated/α-hetero) is 1. The molecule has 0 bridgehead atoms. The third-order valence-corrected chi connectivity index (χ3v) is 2.30. The first kappa shape index (κ1) is 13.2. The minimum Gasteiger partial charge on any atom is -0.494 e. The molecule has 0 saturated heterocycles. The molecule has 0 aliphatic heterocycles. The van der Waals surface area contributed by atoms with Gasteiger partial charge in [-0.05, 0) is 19.1 Å². The van der Waals surface area contributed by atoms with Crippen molar-refractivity contribution in [3.05, 3.63) is 24.0 Å². The summed E-state index contributed by atoms with van der Waals surface area (Å²) >= 11 is 0. The van der Waals surface area contributed by atoms with Gasteiger partial charge in [0.15, 0.2) is 11.6 Å². The summed E-state index contributed by atoms with van der Waals surface area (Å²) < 4.78 is 18.2. The Balaban J connectivity index is 2.89. The van der Waals surface area contributed by atoms with Gasteiger partial charge >= 0.3 is 0 Å². The molecule has 0 atom stereocenters. The molecule has 0 fully saturated rings. The summed E-state index contributed by atoms with van der Waals surface area (Å²) in [7, 11) is 2.86. The largest absolute Gasteiger partial charge is 0.494 e. The molecule has 0 heterocycles. The maximum atomic E-state index is 13.4. The Bertz CT molecular complexity index is 445. The fourth-order valence-corrected chi connectivity index (χ4v) is 1.34. The molecule has 5 heteroatoms. The van der Waals surface area contributed by atoms with Crippen molar-refractivity contribution in [2.24, 2.45) is 0 Å². The number of ketones is 1. The molecule has 0 unspecified atom stereocenters. The van der Waals surface area contributed by atoms with Crippen LogP contribution in [-0.4, -0.2) is 25.8 Å². The Kier molecular flexibility index (Phi) is 4.20. The SMILES string of the molecule is COc1ccc(N(C)C(=O)CC(C)=O)cc1F. The Morgan fingerprint density at radius 3 is 2.53 bits per heavy atom. The summed E-state index contributed by atoms with van der Waals surface area (Å²) in [5, 5.41) is 0. The van der Waals surface area contributed by atoms with E-state index in [0.29, 0.717) is 5.69 Å². The Labute approximate surface area is 99.0 Å². The molecule has 4 nitrogen and oxygen atoms in total. The van der Waals surface area contributed by atoms with Crippen LogP contribution in [0.15, 0.2) is 18.2 Å². The molecular weight excluding hydrogens is 225 g/mol. The molecule has 1 amide bonds. The Morgan fingerprint density at radius 2 is 2.06 bits per heavy atom. The molecule has 92 valence electrons. The number of anilines is 1. The summed E-state index contributed by atoms with van der Waals surface area (Å²) in [4.78, 5) is 23.6. The highest BCUT2D eigenvalue weighted by molar-refractivity contribution is 6.04. The molecule has 1 aromatic rings. The van der Waals surface area contributed by atoms with Gasteiger partial charge < -0.3 is 9.64 Å². The average molecular weight is 239 g/mol. The van der Waals surface area contributed by atoms with Crippen LogP contribution in [-0.2, 0) is 9.59 Å². The van der Waals surface area contributed by atoms with Gasteiger partial charge in [0.05, 0.1) is 13.5 Å². The molecule has 0 saturated carbocycles. The lowest BCUT2D eigenvalue weighted by Crippen LogP contribution is -2.27. The third kappa shape index (κ3) is 3.27. The topological polar surface area (TPSA) is 46.6 Å². The van der Waals surface area contributed by atoms with E-state index in [4.69, 9.17) is 4.74 Å². The molecular formula is C12H14FNO3. The van der Waals surface area contributed by atoms with Crippen LogP contribution in [0.25, 0.3) is 0 Å². The number of rotatable bonds is 4. The van der Waals surface area contributed by atoms with E-state index in [2.05, 4.69) is 0 Å². The molecule has 0 spiro atoms. The van der Waals surface area contributed by atoms with Crippen molar-refractivity contribution in [3.63, 3.8) is 0 Å². The zero-order valence-electron chi connectivity index (χ0n) is 9.99. The number of amides is 1. The highest BCUT2D eigenvalue weighted by Gasteiger charge is 2.14. The second kappa shape index (κ2) is 5.43. The van der Waals surface area contributed by atoms with Crippen molar-refractivity contribution < 1.29 is 18.7 Å². The van der Waals surface area contributed by atoms with Crippen molar-refractivity contribution in [2.45, 2.75) is 13.3 Å². The van der Waals surface area contributed by atoms with E-state index in [1.54, 1.807) is 6.07 Å². The fourth-order valence-electron chi connectivity index (χ4n) is 1.34. The number of halogens is 1. The zero-order chi connectivity index (χ0) is 13.0. The van der Waals surface area contributed by atoms with Crippen molar-refractivity contribution in [1.29, 1.82) is 0 Å². The number of ether oxygens (including phenoxy) is 1. The minimum atomic E-state index is -0.549. The number of carbonyl (C=O) groups is 2. The molecule has 0 radical (unpaired) electrons. The summed E-state index contributed by atoms with van der Waals surface area (Å²) in [6.07, 6.45) is -0.190. The number of methoxy groups -OCH3 is 1. The third-order valence-electron chi connectivity index (χ3n) is 2.30. The first-order valence-electron chi connectivity index (χ1n) is 5.05. The number of hydrogen-bond donors (Lipinski definition) is 0. The molecule has 0 aromatic heterocycles. The van der Waals surface area contributed by atoms with Crippen molar-refractivity contribution in [2.75, 3.05) is 19.1 Å². The van der Waals surface area contributed by atoms with Crippen LogP contribution in [0.5, 0.6) is 5.75 Å². The van der Waals surface area contributed by atoms with Crippen LogP contribution in [0.2, 0.25) is 0 Å². The lowest BCUT2D eigenvalue weighted by Gasteiger charge is -2.17. The zero-order valence-corrected chi connectivity index (χ0v) is 9.99. The Morgan fingerprint density at radius 1 is 1.41 bits per heavy atom. The standard InChI is InChI=1S/C12H14FNO3/c1-8(15)6-12(16)14(2)9-4-5-11(17-3)10(13)7-9/h4-5,7H,6H2,1-3H3. The minimum absolute atomic E-state index is 0.112. The summed E-state index contributed by atoms with van der Waals surface area (Å²) in [5.41, 5.74) is 0.384. The predicted molar refractivity (Wildman–Crippen MR) is 61.7 cm³/mol. The van der Waals surface area contributed by atoms with E-state index in [9.17, 15) is 14.0 Å². The fraction of sp³-hybridized carbons (Fsp3) is 0.333. The van der Waals surface area contributed by atoms with Gasteiger partial charge in [0.2, 0.25) is 5.91 Å². The number of nitrogens with zero attached hydrogens (tertiary/aromatic N) is 1. The van der Waals surface area contributed by atoms with Crippen molar-refractivity contribution in [1.82, 2.24) is 0 Å². The smallest absolute Gasteiger partial charge is 0.234 e. The maximum Gasteiger partial charge on any atom is 0.234 e. The number of hydrogen-bond acceptors (Lipinski definition) is 3. The summed E-state index contributed by atoms with van der Waals surface area (Å²) in [6.45, 7) is 1.33. The van der Waals surface area contributed by atoms with Gasteiger partial charge in [0.25, 0.3) is 0 Å². The average Bonchev–Trinajstić information content (AvgIpc) is 2.27. The second-order valence-corrected chi connectivity index (χ2v) is 3.65. The first-order chi connectivity index (χ1) is 7.95. The van der Waals surface area contributed by atoms with Crippen molar-refractivity contribution in [3.8, 4) is 5.75 Å². The van der Waals surface area contributed by atoms with E-state index in [1.807, 2.05) is 0 Å². The monoisotopic (exact) mass is 239 g/mol. The molecule has 17 heavy (non-hydrogen) atoms. The van der Waals surface area contributed by atoms with Crippen LogP contribution in [0.1, 0.15) is 13.3 Å². The van der Waals surface area contributed by atoms with E-state index in [1.165, 1.54) is 38.1 Å². The van der Waals surface area contributed by atoms with Gasteiger partial charge in [-0.1, -0.05) is 0 Å². The normalized spacial score (nSPS) is 9.88. The van der Waals surface area contributed by atoms with Crippen LogP contribution >= 0.6 is 0 Å². The lowest BCUT2D eigenvalue weighted by atomic mass is 10.2. The maximum absolute atomic E-state index is 13.4. The summed E-state index contributed by atoms with van der Waals surface area (Å²) in [5.74, 6) is -1.04. The van der Waals surface area contributed by atoms with E-state index in [0.717, 1.165) is 0 Å². The highest BCUT2D eigenvalue weighted by Crippen LogP contribution is 2.23. The predicted octanol–water partition coefficient (Wildman–Crippen LogP) is 1.78. The molecule has 1 aromatic carbocycles. The van der Waals surface area contributed by atoms with Gasteiger partial charge in [0.1, 0.15) is 5.78 Å². The van der Waals surface area contributed by atoms with E-state index < -0.39 is 5.82 Å². The molecule has 0 aliphatic rings. The van der Waals surface area contributed by atoms with Crippen LogP contribution in [0, 0.1) is 5.82 Å². The molecule has 1 rings (SSSR count). The van der Waals surface area contributed by atoms with Crippen LogP contribution < -0.4 is 9.64 Å². The van der Waals surface area contributed by atoms with Gasteiger partial charge in [-0.15, -0.1) is 0 Å². The quantitative estimate of drug-likeness (QED) is 0.752. The van der Waals surface area contributed by atoms with Crippen LogP contribution in [0.3, 0.4) is 0 Å². The highest BCUT2D eigenvalue weighted by atomic mass is 19.1. The number of carbonyl (C=O) groups excluding carboxylic acids is 2. The van der Waals surface area contributed by atoms with Crippen molar-refractivity contribution >= 4 is 17.4 Å². The van der Waals surface area contributed by atoms with Gasteiger partial charge in [-0.25, -0.2) is 4.39 Å². The lowest BCUT2D eigenvalue weighted by molar-refractivity contribution is -0.125. The Hall–Kier alpha value is -1.91. The number of benzene rings is 1. The van der Waals surface area contributed by atoms with Gasteiger partial charge in [-0.3, -0.25) is 9.59 Å². The molecule has 0 N–H and O–H groups in total.